The molecule has 0 aliphatic carbocycles. The van der Waals surface area contributed by atoms with E-state index in [0.717, 1.165) is 11.1 Å². The van der Waals surface area contributed by atoms with Crippen molar-refractivity contribution in [2.24, 2.45) is 0 Å². The first-order valence-corrected chi connectivity index (χ1v) is 6.93. The van der Waals surface area contributed by atoms with Gasteiger partial charge in [0.25, 0.3) is 0 Å². The van der Waals surface area contributed by atoms with Crippen molar-refractivity contribution in [3.05, 3.63) is 30.2 Å². The highest BCUT2D eigenvalue weighted by molar-refractivity contribution is 6.66. The van der Waals surface area contributed by atoms with Crippen LogP contribution in [0.5, 0.6) is 0 Å². The zero-order chi connectivity index (χ0) is 15.8. The van der Waals surface area contributed by atoms with E-state index >= 15 is 0 Å². The lowest BCUT2D eigenvalue weighted by Crippen LogP contribution is -2.52. The Labute approximate surface area is 125 Å². The standard InChI is InChI=1S/C15H20BN3O2/c1-14(2,20)15(3,4)21-16(5)11-6-7-13-18-9-12(8-17)19(13)10-11/h6-7,9-10,20H,1-5H3. The van der Waals surface area contributed by atoms with Crippen LogP contribution in [0.2, 0.25) is 6.82 Å². The van der Waals surface area contributed by atoms with Gasteiger partial charge in [0.05, 0.1) is 17.4 Å². The van der Waals surface area contributed by atoms with E-state index in [4.69, 9.17) is 9.92 Å². The van der Waals surface area contributed by atoms with Gasteiger partial charge in [0.2, 0.25) is 0 Å². The molecule has 1 N–H and O–H groups in total. The number of hydrogen-bond acceptors (Lipinski definition) is 4. The van der Waals surface area contributed by atoms with Gasteiger partial charge in [-0.1, -0.05) is 12.9 Å². The Hall–Kier alpha value is -1.84. The van der Waals surface area contributed by atoms with Gasteiger partial charge in [-0.2, -0.15) is 5.26 Å². The van der Waals surface area contributed by atoms with Crippen LogP contribution in [-0.4, -0.2) is 32.6 Å². The van der Waals surface area contributed by atoms with E-state index < -0.39 is 11.2 Å². The van der Waals surface area contributed by atoms with Gasteiger partial charge < -0.3 is 9.76 Å². The normalized spacial score (nSPS) is 12.4. The molecule has 0 aliphatic rings. The van der Waals surface area contributed by atoms with Crippen molar-refractivity contribution in [2.45, 2.75) is 45.7 Å². The Morgan fingerprint density at radius 2 is 2.00 bits per heavy atom. The molecule has 21 heavy (non-hydrogen) atoms. The lowest BCUT2D eigenvalue weighted by molar-refractivity contribution is -0.0918. The molecule has 0 fully saturated rings. The average Bonchev–Trinajstić information content (AvgIpc) is 2.78. The summed E-state index contributed by atoms with van der Waals surface area (Å²) in [5.41, 5.74) is 0.478. The quantitative estimate of drug-likeness (QED) is 0.866. The van der Waals surface area contributed by atoms with Gasteiger partial charge in [0, 0.05) is 6.20 Å². The van der Waals surface area contributed by atoms with Crippen LogP contribution >= 0.6 is 0 Å². The first kappa shape index (κ1) is 15.6. The third-order valence-electron chi connectivity index (χ3n) is 4.06. The van der Waals surface area contributed by atoms with Crippen LogP contribution < -0.4 is 5.46 Å². The Kier molecular flexibility index (Phi) is 3.83. The Morgan fingerprint density at radius 3 is 2.57 bits per heavy atom. The fraction of sp³-hybridized carbons (Fsp3) is 0.467. The van der Waals surface area contributed by atoms with Crippen LogP contribution in [0.3, 0.4) is 0 Å². The fourth-order valence-electron chi connectivity index (χ4n) is 1.97. The molecule has 0 spiro atoms. The predicted octanol–water partition coefficient (Wildman–Crippen LogP) is 1.60. The predicted molar refractivity (Wildman–Crippen MR) is 82.6 cm³/mol. The molecule has 0 aromatic carbocycles. The molecular formula is C15H20BN3O2. The summed E-state index contributed by atoms with van der Waals surface area (Å²) in [6.07, 6.45) is 3.40. The minimum atomic E-state index is -0.960. The number of rotatable bonds is 4. The smallest absolute Gasteiger partial charge is 0.325 e. The van der Waals surface area contributed by atoms with Gasteiger partial charge in [0.15, 0.2) is 0 Å². The summed E-state index contributed by atoms with van der Waals surface area (Å²) in [7, 11) is 0. The first-order valence-electron chi connectivity index (χ1n) is 6.93. The van der Waals surface area contributed by atoms with Gasteiger partial charge >= 0.3 is 6.92 Å². The summed E-state index contributed by atoms with van der Waals surface area (Å²) in [5, 5.41) is 19.3. The maximum atomic E-state index is 10.2. The Balaban J connectivity index is 2.32. The first-order chi connectivity index (χ1) is 9.65. The lowest BCUT2D eigenvalue weighted by Gasteiger charge is -2.39. The SMILES string of the molecule is CB(OC(C)(C)C(C)(C)O)c1ccc2ncc(C#N)n2c1. The second kappa shape index (κ2) is 5.17. The molecule has 2 rings (SSSR count). The maximum Gasteiger partial charge on any atom is 0.325 e. The maximum absolute atomic E-state index is 10.2. The molecule has 0 atom stereocenters. The Morgan fingerprint density at radius 1 is 1.33 bits per heavy atom. The highest BCUT2D eigenvalue weighted by Gasteiger charge is 2.38. The van der Waals surface area contributed by atoms with Crippen molar-refractivity contribution in [3.8, 4) is 6.07 Å². The van der Waals surface area contributed by atoms with Crippen LogP contribution in [0.1, 0.15) is 33.4 Å². The molecule has 5 nitrogen and oxygen atoms in total. The molecule has 2 aromatic heterocycles. The highest BCUT2D eigenvalue weighted by atomic mass is 16.5. The van der Waals surface area contributed by atoms with Crippen molar-refractivity contribution < 1.29 is 9.76 Å². The van der Waals surface area contributed by atoms with E-state index in [0.29, 0.717) is 5.69 Å². The number of aliphatic hydroxyl groups is 1. The number of imidazole rings is 1. The summed E-state index contributed by atoms with van der Waals surface area (Å²) in [4.78, 5) is 4.16. The molecule has 0 saturated carbocycles. The summed E-state index contributed by atoms with van der Waals surface area (Å²) in [5.74, 6) is 0. The molecule has 0 aliphatic heterocycles. The second-order valence-corrected chi connectivity index (χ2v) is 6.28. The minimum absolute atomic E-state index is 0.218. The van der Waals surface area contributed by atoms with Gasteiger partial charge in [-0.25, -0.2) is 4.98 Å². The van der Waals surface area contributed by atoms with Crippen LogP contribution in [0, 0.1) is 11.3 Å². The summed E-state index contributed by atoms with van der Waals surface area (Å²) in [6.45, 7) is 8.89. The van der Waals surface area contributed by atoms with Gasteiger partial charge in [-0.15, -0.1) is 0 Å². The molecular weight excluding hydrogens is 265 g/mol. The van der Waals surface area contributed by atoms with Gasteiger partial charge in [0.1, 0.15) is 17.4 Å². The molecule has 0 amide bonds. The van der Waals surface area contributed by atoms with Crippen molar-refractivity contribution in [3.63, 3.8) is 0 Å². The van der Waals surface area contributed by atoms with Crippen molar-refractivity contribution >= 4 is 18.0 Å². The van der Waals surface area contributed by atoms with Crippen molar-refractivity contribution in [2.75, 3.05) is 0 Å². The van der Waals surface area contributed by atoms with Gasteiger partial charge in [-0.3, -0.25) is 4.40 Å². The zero-order valence-corrected chi connectivity index (χ0v) is 13.1. The third kappa shape index (κ3) is 2.94. The summed E-state index contributed by atoms with van der Waals surface area (Å²) in [6, 6.07) is 5.89. The van der Waals surface area contributed by atoms with Crippen LogP contribution in [-0.2, 0) is 4.65 Å². The average molecular weight is 285 g/mol. The zero-order valence-electron chi connectivity index (χ0n) is 13.1. The topological polar surface area (TPSA) is 70.5 Å². The number of fused-ring (bicyclic) bond motifs is 1. The molecule has 2 heterocycles. The molecule has 2 aromatic rings. The lowest BCUT2D eigenvalue weighted by atomic mass is 9.63. The van der Waals surface area contributed by atoms with E-state index in [1.165, 1.54) is 0 Å². The summed E-state index contributed by atoms with van der Waals surface area (Å²) < 4.78 is 7.76. The number of nitrogens with zero attached hydrogens (tertiary/aromatic N) is 3. The monoisotopic (exact) mass is 285 g/mol. The van der Waals surface area contributed by atoms with E-state index in [1.807, 2.05) is 39.0 Å². The highest BCUT2D eigenvalue weighted by Crippen LogP contribution is 2.25. The fourth-order valence-corrected chi connectivity index (χ4v) is 1.97. The number of pyridine rings is 1. The van der Waals surface area contributed by atoms with Crippen LogP contribution in [0.4, 0.5) is 0 Å². The van der Waals surface area contributed by atoms with E-state index in [9.17, 15) is 5.11 Å². The van der Waals surface area contributed by atoms with E-state index in [1.54, 1.807) is 24.4 Å². The largest absolute Gasteiger partial charge is 0.423 e. The van der Waals surface area contributed by atoms with Crippen LogP contribution in [0.15, 0.2) is 24.5 Å². The number of hydrogen-bond donors (Lipinski definition) is 1. The third-order valence-corrected chi connectivity index (χ3v) is 4.06. The van der Waals surface area contributed by atoms with Crippen LogP contribution in [0.25, 0.3) is 5.65 Å². The molecule has 110 valence electrons. The molecule has 0 saturated heterocycles. The Bertz CT molecular complexity index is 695. The van der Waals surface area contributed by atoms with E-state index in [2.05, 4.69) is 11.1 Å². The minimum Gasteiger partial charge on any atom is -0.423 e. The molecule has 0 unspecified atom stereocenters. The molecule has 6 heteroatoms. The van der Waals surface area contributed by atoms with Crippen molar-refractivity contribution in [1.82, 2.24) is 9.38 Å². The number of nitriles is 1. The second-order valence-electron chi connectivity index (χ2n) is 6.28. The summed E-state index contributed by atoms with van der Waals surface area (Å²) >= 11 is 0. The molecule has 0 radical (unpaired) electrons. The van der Waals surface area contributed by atoms with Gasteiger partial charge in [-0.05, 0) is 39.2 Å². The van der Waals surface area contributed by atoms with Crippen molar-refractivity contribution in [1.29, 1.82) is 5.26 Å². The van der Waals surface area contributed by atoms with E-state index in [-0.39, 0.29) is 6.92 Å². The number of aromatic nitrogens is 2. The molecule has 0 bridgehead atoms.